The highest BCUT2D eigenvalue weighted by Crippen LogP contribution is 2.52. The Kier molecular flexibility index (Phi) is 4.87. The van der Waals surface area contributed by atoms with Crippen molar-refractivity contribution >= 4 is 17.7 Å². The smallest absolute Gasteiger partial charge is 0.384 e. The standard InChI is InChI=1S/C30H33F4N3O4/c1-3-28(4-2)17-36(15-18-5-7-19(8-6-18)30(32,33)34)14-13-29(28,41)22-10-9-20-21(25(22)31)16-37(27(20)40)23-11-12-24(38)35-26(23)39/h5-10,23,41H,3-4,11-17H2,1-2H3,(H,35,38,39)/t23?,29-/m1/s1/i1D3,2D3,3D2,4D2. The molecular weight excluding hydrogens is 542 g/mol. The molecule has 0 aromatic heterocycles. The van der Waals surface area contributed by atoms with E-state index in [4.69, 9.17) is 13.7 Å². The summed E-state index contributed by atoms with van der Waals surface area (Å²) in [5, 5.41) is 14.7. The van der Waals surface area contributed by atoms with Gasteiger partial charge in [0.15, 0.2) is 0 Å². The summed E-state index contributed by atoms with van der Waals surface area (Å²) >= 11 is 0. The van der Waals surface area contributed by atoms with Crippen LogP contribution in [0.5, 0.6) is 0 Å². The highest BCUT2D eigenvalue weighted by Gasteiger charge is 2.54. The lowest BCUT2D eigenvalue weighted by molar-refractivity contribution is -0.150. The van der Waals surface area contributed by atoms with Crippen LogP contribution in [0.15, 0.2) is 36.4 Å². The van der Waals surface area contributed by atoms with E-state index in [0.29, 0.717) is 0 Å². The largest absolute Gasteiger partial charge is 0.416 e. The summed E-state index contributed by atoms with van der Waals surface area (Å²) in [6.07, 6.45) is -13.6. The van der Waals surface area contributed by atoms with Gasteiger partial charge in [0.2, 0.25) is 11.8 Å². The van der Waals surface area contributed by atoms with Crippen molar-refractivity contribution in [2.24, 2.45) is 5.41 Å². The van der Waals surface area contributed by atoms with Gasteiger partial charge in [-0.1, -0.05) is 31.9 Å². The Labute approximate surface area is 249 Å². The summed E-state index contributed by atoms with van der Waals surface area (Å²) in [6, 6.07) is 4.33. The molecule has 5 rings (SSSR count). The van der Waals surface area contributed by atoms with Crippen LogP contribution in [0.4, 0.5) is 17.6 Å². The van der Waals surface area contributed by atoms with Crippen molar-refractivity contribution in [2.75, 3.05) is 13.1 Å². The molecule has 0 saturated carbocycles. The average molecular weight is 586 g/mol. The second kappa shape index (κ2) is 10.5. The minimum absolute atomic E-state index is 0.0851. The molecule has 41 heavy (non-hydrogen) atoms. The molecule has 3 heterocycles. The summed E-state index contributed by atoms with van der Waals surface area (Å²) in [7, 11) is 0. The molecule has 0 radical (unpaired) electrons. The number of benzene rings is 2. The highest BCUT2D eigenvalue weighted by molar-refractivity contribution is 6.05. The zero-order valence-electron chi connectivity index (χ0n) is 31.6. The fourth-order valence-electron chi connectivity index (χ4n) is 5.88. The van der Waals surface area contributed by atoms with Gasteiger partial charge in [0, 0.05) is 61.9 Å². The van der Waals surface area contributed by atoms with Crippen molar-refractivity contribution in [3.63, 3.8) is 0 Å². The summed E-state index contributed by atoms with van der Waals surface area (Å²) in [4.78, 5) is 39.7. The molecule has 2 aromatic carbocycles. The SMILES string of the molecule is [2H]C([2H])([2H])C([2H])([2H])C1(C([2H])([2H])C([2H])([2H])[2H])CN(Cc2ccc(C(F)(F)F)cc2)CC[C@@]1(O)c1ccc2c(c1F)CN(C1CCC(=O)NC1=O)C2=O. The topological polar surface area (TPSA) is 89.9 Å². The number of piperidine rings is 2. The van der Waals surface area contributed by atoms with Gasteiger partial charge in [0.1, 0.15) is 17.5 Å². The Hall–Kier alpha value is -3.31. The molecule has 2 saturated heterocycles. The first-order chi connectivity index (χ1) is 23.2. The molecule has 0 bridgehead atoms. The fraction of sp³-hybridized carbons (Fsp3) is 0.500. The molecule has 2 fully saturated rings. The molecule has 2 aromatic rings. The summed E-state index contributed by atoms with van der Waals surface area (Å²) in [5.74, 6) is -3.61. The van der Waals surface area contributed by atoms with Crippen LogP contribution in [-0.2, 0) is 34.5 Å². The van der Waals surface area contributed by atoms with Crippen molar-refractivity contribution in [1.29, 1.82) is 0 Å². The number of amides is 3. The van der Waals surface area contributed by atoms with Crippen LogP contribution >= 0.6 is 0 Å². The van der Waals surface area contributed by atoms with E-state index in [9.17, 15) is 32.7 Å². The Morgan fingerprint density at radius 1 is 1.12 bits per heavy atom. The number of fused-ring (bicyclic) bond motifs is 1. The van der Waals surface area contributed by atoms with Crippen molar-refractivity contribution < 1.29 is 50.8 Å². The van der Waals surface area contributed by atoms with E-state index in [1.165, 1.54) is 4.90 Å². The average Bonchev–Trinajstić information content (AvgIpc) is 3.33. The number of rotatable bonds is 6. The number of imide groups is 1. The number of halogens is 4. The Balaban J connectivity index is 1.67. The summed E-state index contributed by atoms with van der Waals surface area (Å²) < 4.78 is 141. The molecule has 3 amide bonds. The number of nitrogens with zero attached hydrogens (tertiary/aromatic N) is 2. The molecule has 7 nitrogen and oxygen atoms in total. The van der Waals surface area contributed by atoms with Gasteiger partial charge >= 0.3 is 6.18 Å². The van der Waals surface area contributed by atoms with Crippen molar-refractivity contribution in [3.8, 4) is 0 Å². The van der Waals surface area contributed by atoms with Gasteiger partial charge in [0.05, 0.1) is 12.1 Å². The fourth-order valence-corrected chi connectivity index (χ4v) is 5.88. The van der Waals surface area contributed by atoms with Crippen LogP contribution in [0.25, 0.3) is 0 Å². The van der Waals surface area contributed by atoms with Crippen LogP contribution in [-0.4, -0.2) is 51.8 Å². The molecule has 0 spiro atoms. The summed E-state index contributed by atoms with van der Waals surface area (Å²) in [6.45, 7) is -10.2. The number of carbonyl (C=O) groups excluding carboxylic acids is 3. The summed E-state index contributed by atoms with van der Waals surface area (Å²) in [5.41, 5.74) is -9.21. The number of hydrogen-bond donors (Lipinski definition) is 2. The molecule has 3 aliphatic heterocycles. The number of nitrogens with one attached hydrogen (secondary N) is 1. The molecule has 220 valence electrons. The van der Waals surface area contributed by atoms with E-state index >= 15 is 4.39 Å². The zero-order chi connectivity index (χ0) is 38.3. The quantitative estimate of drug-likeness (QED) is 0.385. The predicted molar refractivity (Wildman–Crippen MR) is 141 cm³/mol. The maximum Gasteiger partial charge on any atom is 0.416 e. The number of hydrogen-bond acceptors (Lipinski definition) is 5. The third-order valence-corrected chi connectivity index (χ3v) is 8.17. The molecule has 11 heteroatoms. The predicted octanol–water partition coefficient (Wildman–Crippen LogP) is 4.51. The number of carbonyl (C=O) groups is 3. The van der Waals surface area contributed by atoms with Crippen LogP contribution < -0.4 is 5.32 Å². The maximum absolute atomic E-state index is 16.8. The molecular formula is C30H33F4N3O4. The number of aliphatic hydroxyl groups is 1. The third-order valence-electron chi connectivity index (χ3n) is 8.17. The molecule has 1 unspecified atom stereocenters. The molecule has 2 atom stereocenters. The molecule has 3 aliphatic rings. The maximum atomic E-state index is 16.8. The van der Waals surface area contributed by atoms with Crippen LogP contribution in [0.3, 0.4) is 0 Å². The zero-order valence-corrected chi connectivity index (χ0v) is 21.6. The van der Waals surface area contributed by atoms with Gasteiger partial charge in [0.25, 0.3) is 5.91 Å². The van der Waals surface area contributed by atoms with E-state index in [1.807, 2.05) is 0 Å². The Morgan fingerprint density at radius 3 is 2.46 bits per heavy atom. The minimum Gasteiger partial charge on any atom is -0.384 e. The molecule has 0 aliphatic carbocycles. The minimum atomic E-state index is -4.68. The van der Waals surface area contributed by atoms with Crippen molar-refractivity contribution in [3.05, 3.63) is 70.0 Å². The van der Waals surface area contributed by atoms with E-state index in [-0.39, 0.29) is 37.1 Å². The first kappa shape index (κ1) is 19.0. The third kappa shape index (κ3) is 4.92. The lowest BCUT2D eigenvalue weighted by Crippen LogP contribution is -2.57. The Bertz CT molecular complexity index is 1730. The van der Waals surface area contributed by atoms with Gasteiger partial charge in [-0.05, 0) is 49.4 Å². The van der Waals surface area contributed by atoms with E-state index in [2.05, 4.69) is 5.32 Å². The van der Waals surface area contributed by atoms with Gasteiger partial charge in [-0.2, -0.15) is 13.2 Å². The van der Waals surface area contributed by atoms with Crippen LogP contribution in [0.2, 0.25) is 0 Å². The van der Waals surface area contributed by atoms with E-state index < -0.39 is 109 Å². The van der Waals surface area contributed by atoms with Crippen molar-refractivity contribution in [1.82, 2.24) is 15.1 Å². The van der Waals surface area contributed by atoms with Gasteiger partial charge < -0.3 is 10.0 Å². The highest BCUT2D eigenvalue weighted by atomic mass is 19.4. The second-order valence-electron chi connectivity index (χ2n) is 10.5. The van der Waals surface area contributed by atoms with E-state index in [1.54, 1.807) is 0 Å². The number of likely N-dealkylation sites (tertiary alicyclic amines) is 1. The van der Waals surface area contributed by atoms with Crippen molar-refractivity contribution in [2.45, 2.75) is 76.6 Å². The normalized spacial score (nSPS) is 29.8. The number of alkyl halides is 3. The lowest BCUT2D eigenvalue weighted by atomic mass is 9.61. The van der Waals surface area contributed by atoms with Gasteiger partial charge in [-0.3, -0.25) is 24.6 Å². The molecule has 2 N–H and O–H groups in total. The first-order valence-electron chi connectivity index (χ1n) is 17.8. The Morgan fingerprint density at radius 2 is 1.83 bits per heavy atom. The van der Waals surface area contributed by atoms with Gasteiger partial charge in [-0.15, -0.1) is 0 Å². The first-order valence-corrected chi connectivity index (χ1v) is 12.8. The lowest BCUT2D eigenvalue weighted by Gasteiger charge is -2.54. The van der Waals surface area contributed by atoms with Gasteiger partial charge in [-0.25, -0.2) is 4.39 Å². The van der Waals surface area contributed by atoms with Crippen LogP contribution in [0, 0.1) is 11.2 Å². The van der Waals surface area contributed by atoms with Crippen LogP contribution in [0.1, 0.15) is 92.0 Å². The van der Waals surface area contributed by atoms with E-state index in [0.717, 1.165) is 41.3 Å². The monoisotopic (exact) mass is 585 g/mol. The second-order valence-corrected chi connectivity index (χ2v) is 10.5.